The molecule has 1 unspecified atom stereocenters. The Bertz CT molecular complexity index is 516. The molecule has 3 N–H and O–H groups in total. The summed E-state index contributed by atoms with van der Waals surface area (Å²) in [7, 11) is 0. The molecule has 0 aromatic carbocycles. The minimum atomic E-state index is -1.07. The Morgan fingerprint density at radius 3 is 2.56 bits per heavy atom. The van der Waals surface area contributed by atoms with E-state index in [9.17, 15) is 5.11 Å². The lowest BCUT2D eigenvalue weighted by Crippen LogP contribution is -2.40. The monoisotopic (exact) mass is 467 g/mol. The van der Waals surface area contributed by atoms with Crippen LogP contribution >= 0.6 is 24.0 Å². The molecule has 7 heteroatoms. The summed E-state index contributed by atoms with van der Waals surface area (Å²) >= 11 is 0. The summed E-state index contributed by atoms with van der Waals surface area (Å²) < 4.78 is 11.0. The number of aliphatic hydroxyl groups is 1. The highest BCUT2D eigenvalue weighted by atomic mass is 127. The van der Waals surface area contributed by atoms with Crippen molar-refractivity contribution in [1.29, 1.82) is 0 Å². The minimum absolute atomic E-state index is 0. The summed E-state index contributed by atoms with van der Waals surface area (Å²) in [6.45, 7) is 12.8. The van der Waals surface area contributed by atoms with E-state index >= 15 is 0 Å². The first-order chi connectivity index (χ1) is 11.4. The number of hydrogen-bond donors (Lipinski definition) is 3. The average Bonchev–Trinajstić information content (AvgIpc) is 2.87. The van der Waals surface area contributed by atoms with Crippen molar-refractivity contribution in [2.45, 2.75) is 53.1 Å². The molecular formula is C18H34IN3O3. The van der Waals surface area contributed by atoms with E-state index < -0.39 is 5.60 Å². The van der Waals surface area contributed by atoms with Crippen LogP contribution in [0.3, 0.4) is 0 Å². The zero-order valence-electron chi connectivity index (χ0n) is 16.1. The van der Waals surface area contributed by atoms with Gasteiger partial charge in [-0.15, -0.1) is 24.0 Å². The van der Waals surface area contributed by atoms with E-state index in [1.165, 1.54) is 0 Å². The fourth-order valence-corrected chi connectivity index (χ4v) is 2.42. The van der Waals surface area contributed by atoms with Gasteiger partial charge in [-0.2, -0.15) is 0 Å². The van der Waals surface area contributed by atoms with Gasteiger partial charge in [0.1, 0.15) is 17.1 Å². The Kier molecular flexibility index (Phi) is 12.1. The second-order valence-corrected chi connectivity index (χ2v) is 6.19. The van der Waals surface area contributed by atoms with Crippen molar-refractivity contribution < 1.29 is 14.3 Å². The first-order valence-corrected chi connectivity index (χ1v) is 8.80. The summed E-state index contributed by atoms with van der Waals surface area (Å²) in [6, 6.07) is 1.87. The van der Waals surface area contributed by atoms with Crippen LogP contribution in [0.5, 0.6) is 0 Å². The number of furan rings is 1. The number of nitrogens with one attached hydrogen (secondary N) is 2. The average molecular weight is 467 g/mol. The van der Waals surface area contributed by atoms with E-state index in [0.717, 1.165) is 43.1 Å². The Morgan fingerprint density at radius 1 is 1.28 bits per heavy atom. The molecule has 0 amide bonds. The molecule has 25 heavy (non-hydrogen) atoms. The Balaban J connectivity index is 0.00000576. The molecule has 0 saturated carbocycles. The maximum Gasteiger partial charge on any atom is 0.191 e. The van der Waals surface area contributed by atoms with Crippen LogP contribution in [0.1, 0.15) is 50.7 Å². The number of guanidine groups is 1. The smallest absolute Gasteiger partial charge is 0.191 e. The van der Waals surface area contributed by atoms with Crippen molar-refractivity contribution in [3.63, 3.8) is 0 Å². The fraction of sp³-hybridized carbons (Fsp3) is 0.722. The van der Waals surface area contributed by atoms with Crippen LogP contribution in [0.2, 0.25) is 0 Å². The Morgan fingerprint density at radius 2 is 2.00 bits per heavy atom. The normalized spacial score (nSPS) is 13.9. The van der Waals surface area contributed by atoms with Crippen LogP contribution in [0, 0.1) is 13.8 Å². The molecule has 1 atom stereocenters. The molecule has 0 fully saturated rings. The first kappa shape index (κ1) is 24.2. The molecule has 1 aromatic rings. The van der Waals surface area contributed by atoms with Crippen molar-refractivity contribution in [2.75, 3.05) is 32.8 Å². The van der Waals surface area contributed by atoms with Crippen LogP contribution in [0.25, 0.3) is 0 Å². The highest BCUT2D eigenvalue weighted by molar-refractivity contribution is 14.0. The summed E-state index contributed by atoms with van der Waals surface area (Å²) in [6.07, 6.45) is 2.22. The number of unbranched alkanes of at least 4 members (excludes halogenated alkanes) is 1. The van der Waals surface area contributed by atoms with Crippen molar-refractivity contribution in [3.05, 3.63) is 23.2 Å². The Hall–Kier alpha value is -0.800. The third-order valence-electron chi connectivity index (χ3n) is 3.69. The lowest BCUT2D eigenvalue weighted by Gasteiger charge is -2.21. The van der Waals surface area contributed by atoms with Gasteiger partial charge in [0.25, 0.3) is 0 Å². The molecule has 1 aromatic heterocycles. The van der Waals surface area contributed by atoms with Gasteiger partial charge in [0.05, 0.1) is 13.2 Å². The van der Waals surface area contributed by atoms with Gasteiger partial charge < -0.3 is 24.9 Å². The largest absolute Gasteiger partial charge is 0.466 e. The van der Waals surface area contributed by atoms with Crippen molar-refractivity contribution in [3.8, 4) is 0 Å². The number of ether oxygens (including phenoxy) is 1. The molecule has 6 nitrogen and oxygen atoms in total. The van der Waals surface area contributed by atoms with Crippen molar-refractivity contribution in [1.82, 2.24) is 10.6 Å². The van der Waals surface area contributed by atoms with Crippen LogP contribution in [-0.2, 0) is 10.3 Å². The number of hydrogen-bond acceptors (Lipinski definition) is 4. The highest BCUT2D eigenvalue weighted by Crippen LogP contribution is 2.27. The minimum Gasteiger partial charge on any atom is -0.466 e. The van der Waals surface area contributed by atoms with Gasteiger partial charge >= 0.3 is 0 Å². The van der Waals surface area contributed by atoms with E-state index in [-0.39, 0.29) is 30.5 Å². The maximum absolute atomic E-state index is 10.7. The standard InChI is InChI=1S/C18H33N3O3.HI/c1-6-8-10-23-11-9-20-17(19-7-2)21-13-18(5,22)16-12-14(3)24-15(16)4;/h12,22H,6-11,13H2,1-5H3,(H2,19,20,21);1H. The third kappa shape index (κ3) is 8.91. The fourth-order valence-electron chi connectivity index (χ4n) is 2.42. The van der Waals surface area contributed by atoms with Crippen LogP contribution in [0.15, 0.2) is 15.5 Å². The quantitative estimate of drug-likeness (QED) is 0.213. The molecular weight excluding hydrogens is 433 g/mol. The van der Waals surface area contributed by atoms with Gasteiger partial charge in [0.2, 0.25) is 0 Å². The molecule has 0 aliphatic heterocycles. The summed E-state index contributed by atoms with van der Waals surface area (Å²) in [4.78, 5) is 4.49. The van der Waals surface area contributed by atoms with Gasteiger partial charge in [-0.25, -0.2) is 4.99 Å². The first-order valence-electron chi connectivity index (χ1n) is 8.80. The number of nitrogens with zero attached hydrogens (tertiary/aromatic N) is 1. The lowest BCUT2D eigenvalue weighted by molar-refractivity contribution is 0.0656. The van der Waals surface area contributed by atoms with E-state index in [2.05, 4.69) is 22.5 Å². The second kappa shape index (κ2) is 12.5. The van der Waals surface area contributed by atoms with Gasteiger partial charge in [-0.3, -0.25) is 0 Å². The van der Waals surface area contributed by atoms with Crippen LogP contribution in [-0.4, -0.2) is 43.9 Å². The van der Waals surface area contributed by atoms with Crippen molar-refractivity contribution >= 4 is 29.9 Å². The molecule has 0 aliphatic rings. The molecule has 1 heterocycles. The SMILES string of the molecule is CCCCOCCNC(=NCC(C)(O)c1cc(C)oc1C)NCC.I. The van der Waals surface area contributed by atoms with Gasteiger partial charge in [0, 0.05) is 25.3 Å². The number of aliphatic imine (C=N–C) groups is 1. The Labute approximate surface area is 168 Å². The predicted molar refractivity (Wildman–Crippen MR) is 113 cm³/mol. The number of rotatable bonds is 10. The van der Waals surface area contributed by atoms with E-state index in [1.807, 2.05) is 26.8 Å². The topological polar surface area (TPSA) is 79.0 Å². The zero-order chi connectivity index (χ0) is 18.0. The molecule has 1 rings (SSSR count). The van der Waals surface area contributed by atoms with E-state index in [4.69, 9.17) is 9.15 Å². The molecule has 0 aliphatic carbocycles. The number of aryl methyl sites for hydroxylation is 2. The summed E-state index contributed by atoms with van der Waals surface area (Å²) in [5, 5.41) is 17.1. The second-order valence-electron chi connectivity index (χ2n) is 6.19. The summed E-state index contributed by atoms with van der Waals surface area (Å²) in [5.74, 6) is 2.20. The van der Waals surface area contributed by atoms with Gasteiger partial charge in [-0.05, 0) is 40.2 Å². The zero-order valence-corrected chi connectivity index (χ0v) is 18.5. The predicted octanol–water partition coefficient (Wildman–Crippen LogP) is 3.09. The maximum atomic E-state index is 10.7. The molecule has 0 bridgehead atoms. The molecule has 146 valence electrons. The summed E-state index contributed by atoms with van der Waals surface area (Å²) in [5.41, 5.74) is -0.288. The molecule has 0 saturated heterocycles. The third-order valence-corrected chi connectivity index (χ3v) is 3.69. The van der Waals surface area contributed by atoms with Crippen LogP contribution < -0.4 is 10.6 Å². The van der Waals surface area contributed by atoms with Gasteiger partial charge in [-0.1, -0.05) is 13.3 Å². The van der Waals surface area contributed by atoms with Gasteiger partial charge in [0.15, 0.2) is 5.96 Å². The van der Waals surface area contributed by atoms with Crippen LogP contribution in [0.4, 0.5) is 0 Å². The number of halogens is 1. The molecule has 0 radical (unpaired) electrons. The lowest BCUT2D eigenvalue weighted by atomic mass is 9.96. The van der Waals surface area contributed by atoms with E-state index in [0.29, 0.717) is 19.1 Å². The van der Waals surface area contributed by atoms with Crippen molar-refractivity contribution in [2.24, 2.45) is 4.99 Å². The van der Waals surface area contributed by atoms with E-state index in [1.54, 1.807) is 6.92 Å². The highest BCUT2D eigenvalue weighted by Gasteiger charge is 2.27. The molecule has 0 spiro atoms.